The lowest BCUT2D eigenvalue weighted by Gasteiger charge is -2.33. The molecular weight excluding hydrogens is 352 g/mol. The van der Waals surface area contributed by atoms with E-state index < -0.39 is 6.10 Å². The molecule has 2 heterocycles. The van der Waals surface area contributed by atoms with Crippen LogP contribution >= 0.6 is 0 Å². The Bertz CT molecular complexity index is 647. The molecule has 6 heteroatoms. The van der Waals surface area contributed by atoms with Crippen molar-refractivity contribution in [1.29, 1.82) is 0 Å². The Hall–Kier alpha value is -1.40. The Labute approximate surface area is 168 Å². The van der Waals surface area contributed by atoms with Gasteiger partial charge in [-0.05, 0) is 44.1 Å². The van der Waals surface area contributed by atoms with Gasteiger partial charge in [-0.3, -0.25) is 14.4 Å². The second-order valence-electron chi connectivity index (χ2n) is 9.03. The minimum absolute atomic E-state index is 0.122. The number of nitrogens with zero attached hydrogens (tertiary/aromatic N) is 3. The van der Waals surface area contributed by atoms with Crippen molar-refractivity contribution in [2.75, 3.05) is 6.54 Å². The van der Waals surface area contributed by atoms with E-state index in [9.17, 15) is 9.90 Å². The molecule has 0 saturated heterocycles. The summed E-state index contributed by atoms with van der Waals surface area (Å²) in [4.78, 5) is 15.0. The number of rotatable bonds is 5. The summed E-state index contributed by atoms with van der Waals surface area (Å²) in [5, 5.41) is 18.0. The highest BCUT2D eigenvalue weighted by atomic mass is 16.3. The van der Waals surface area contributed by atoms with E-state index in [0.29, 0.717) is 6.54 Å². The minimum atomic E-state index is -0.873. The van der Waals surface area contributed by atoms with Crippen molar-refractivity contribution in [3.8, 4) is 0 Å². The molecule has 1 aromatic heterocycles. The van der Waals surface area contributed by atoms with Crippen molar-refractivity contribution in [1.82, 2.24) is 20.0 Å². The van der Waals surface area contributed by atoms with Crippen LogP contribution in [-0.2, 0) is 24.4 Å². The predicted molar refractivity (Wildman–Crippen MR) is 109 cm³/mol. The highest BCUT2D eigenvalue weighted by Crippen LogP contribution is 2.27. The van der Waals surface area contributed by atoms with Gasteiger partial charge in [-0.1, -0.05) is 38.5 Å². The Kier molecular flexibility index (Phi) is 6.68. The normalized spacial score (nSPS) is 23.8. The van der Waals surface area contributed by atoms with Crippen LogP contribution in [-0.4, -0.2) is 44.4 Å². The van der Waals surface area contributed by atoms with E-state index in [2.05, 4.69) is 21.0 Å². The number of aliphatic hydroxyl groups is 1. The lowest BCUT2D eigenvalue weighted by molar-refractivity contribution is -0.132. The molecule has 1 aromatic rings. The number of nitrogens with one attached hydrogen (secondary N) is 1. The molecule has 0 aromatic carbocycles. The number of aromatic nitrogens is 2. The van der Waals surface area contributed by atoms with E-state index in [0.717, 1.165) is 63.5 Å². The molecule has 0 radical (unpaired) electrons. The first-order chi connectivity index (χ1) is 13.7. The van der Waals surface area contributed by atoms with Gasteiger partial charge >= 0.3 is 0 Å². The zero-order valence-corrected chi connectivity index (χ0v) is 17.1. The smallest absolute Gasteiger partial charge is 0.249 e. The molecule has 4 rings (SSSR count). The van der Waals surface area contributed by atoms with Gasteiger partial charge in [0.15, 0.2) is 0 Å². The average molecular weight is 389 g/mol. The Morgan fingerprint density at radius 1 is 1.07 bits per heavy atom. The maximum atomic E-state index is 12.4. The molecule has 6 nitrogen and oxygen atoms in total. The second-order valence-corrected chi connectivity index (χ2v) is 9.03. The van der Waals surface area contributed by atoms with Crippen LogP contribution in [0, 0.1) is 5.92 Å². The molecule has 0 unspecified atom stereocenters. The molecule has 156 valence electrons. The Morgan fingerprint density at radius 2 is 1.79 bits per heavy atom. The largest absolute Gasteiger partial charge is 0.383 e. The number of carbonyl (C=O) groups excluding carboxylic acids is 1. The number of hydrogen-bond acceptors (Lipinski definition) is 4. The maximum Gasteiger partial charge on any atom is 0.249 e. The molecule has 0 spiro atoms. The topological polar surface area (TPSA) is 70.4 Å². The third kappa shape index (κ3) is 4.77. The molecule has 2 saturated carbocycles. The molecule has 3 aliphatic rings. The maximum absolute atomic E-state index is 12.4. The summed E-state index contributed by atoms with van der Waals surface area (Å²) in [6.07, 6.45) is 12.4. The first-order valence-corrected chi connectivity index (χ1v) is 11.5. The monoisotopic (exact) mass is 388 g/mol. The lowest BCUT2D eigenvalue weighted by atomic mass is 9.85. The van der Waals surface area contributed by atoms with Crippen LogP contribution in [0.15, 0.2) is 6.07 Å². The van der Waals surface area contributed by atoms with Crippen molar-refractivity contribution in [2.45, 2.75) is 102 Å². The van der Waals surface area contributed by atoms with Gasteiger partial charge in [-0.2, -0.15) is 5.10 Å². The molecule has 0 bridgehead atoms. The third-order valence-electron chi connectivity index (χ3n) is 6.99. The van der Waals surface area contributed by atoms with Crippen molar-refractivity contribution < 1.29 is 9.90 Å². The average Bonchev–Trinajstić information content (AvgIpc) is 3.02. The van der Waals surface area contributed by atoms with Crippen LogP contribution in [0.1, 0.15) is 82.0 Å². The summed E-state index contributed by atoms with van der Waals surface area (Å²) in [7, 11) is 0. The quantitative estimate of drug-likeness (QED) is 0.814. The lowest BCUT2D eigenvalue weighted by Crippen LogP contribution is -2.39. The predicted octanol–water partition coefficient (Wildman–Crippen LogP) is 2.98. The van der Waals surface area contributed by atoms with Gasteiger partial charge in [-0.25, -0.2) is 0 Å². The summed E-state index contributed by atoms with van der Waals surface area (Å²) in [6, 6.07) is 2.87. The molecule has 2 N–H and O–H groups in total. The highest BCUT2D eigenvalue weighted by molar-refractivity contribution is 5.80. The second kappa shape index (κ2) is 9.40. The van der Waals surface area contributed by atoms with Gasteiger partial charge in [0.25, 0.3) is 0 Å². The molecular formula is C22H36N4O2. The van der Waals surface area contributed by atoms with Crippen molar-refractivity contribution in [3.05, 3.63) is 17.5 Å². The van der Waals surface area contributed by atoms with E-state index in [-0.39, 0.29) is 11.8 Å². The molecule has 1 aliphatic heterocycles. The summed E-state index contributed by atoms with van der Waals surface area (Å²) < 4.78 is 2.13. The molecule has 2 fully saturated rings. The number of hydrogen-bond donors (Lipinski definition) is 2. The molecule has 2 aliphatic carbocycles. The minimum Gasteiger partial charge on any atom is -0.383 e. The fourth-order valence-corrected chi connectivity index (χ4v) is 5.34. The van der Waals surface area contributed by atoms with Crippen LogP contribution in [0.4, 0.5) is 0 Å². The third-order valence-corrected chi connectivity index (χ3v) is 6.99. The standard InChI is InChI=1S/C22H36N4O2/c27-21(17-8-3-1-4-9-17)22(28)23-15-18-14-20-16-25(12-7-13-26(20)24-18)19-10-5-2-6-11-19/h14,17,19,21,27H,1-13,15-16H2,(H,23,28)/t21-/m1/s1. The molecule has 1 amide bonds. The van der Waals surface area contributed by atoms with E-state index in [4.69, 9.17) is 5.10 Å². The van der Waals surface area contributed by atoms with Crippen molar-refractivity contribution in [3.63, 3.8) is 0 Å². The van der Waals surface area contributed by atoms with E-state index in [1.54, 1.807) is 0 Å². The Balaban J connectivity index is 1.32. The van der Waals surface area contributed by atoms with Crippen LogP contribution < -0.4 is 5.32 Å². The molecule has 28 heavy (non-hydrogen) atoms. The van der Waals surface area contributed by atoms with Crippen LogP contribution in [0.5, 0.6) is 0 Å². The SMILES string of the molecule is O=C(NCc1cc2n(n1)CCCN(C1CCCCC1)C2)[C@H](O)C1CCCCC1. The number of carbonyl (C=O) groups is 1. The number of aliphatic hydroxyl groups excluding tert-OH is 1. The van der Waals surface area contributed by atoms with Gasteiger partial charge < -0.3 is 10.4 Å². The summed E-state index contributed by atoms with van der Waals surface area (Å²) in [5.74, 6) is -0.115. The van der Waals surface area contributed by atoms with Crippen molar-refractivity contribution in [2.24, 2.45) is 5.92 Å². The van der Waals surface area contributed by atoms with Gasteiger partial charge in [0, 0.05) is 25.7 Å². The summed E-state index contributed by atoms with van der Waals surface area (Å²) >= 11 is 0. The number of aryl methyl sites for hydroxylation is 1. The van der Waals surface area contributed by atoms with E-state index in [1.807, 2.05) is 0 Å². The van der Waals surface area contributed by atoms with Gasteiger partial charge in [0.2, 0.25) is 5.91 Å². The van der Waals surface area contributed by atoms with Crippen LogP contribution in [0.2, 0.25) is 0 Å². The highest BCUT2D eigenvalue weighted by Gasteiger charge is 2.28. The van der Waals surface area contributed by atoms with Crippen molar-refractivity contribution >= 4 is 5.91 Å². The zero-order valence-electron chi connectivity index (χ0n) is 17.1. The number of fused-ring (bicyclic) bond motifs is 1. The van der Waals surface area contributed by atoms with Gasteiger partial charge in [0.1, 0.15) is 6.10 Å². The fourth-order valence-electron chi connectivity index (χ4n) is 5.34. The van der Waals surface area contributed by atoms with Gasteiger partial charge in [0.05, 0.1) is 17.9 Å². The summed E-state index contributed by atoms with van der Waals surface area (Å²) in [6.45, 7) is 3.49. The van der Waals surface area contributed by atoms with E-state index >= 15 is 0 Å². The van der Waals surface area contributed by atoms with Crippen LogP contribution in [0.3, 0.4) is 0 Å². The Morgan fingerprint density at radius 3 is 2.54 bits per heavy atom. The summed E-state index contributed by atoms with van der Waals surface area (Å²) in [5.41, 5.74) is 2.17. The van der Waals surface area contributed by atoms with Gasteiger partial charge in [-0.15, -0.1) is 0 Å². The molecule has 1 atom stereocenters. The van der Waals surface area contributed by atoms with Crippen LogP contribution in [0.25, 0.3) is 0 Å². The number of amides is 1. The fraction of sp³-hybridized carbons (Fsp3) is 0.818. The van der Waals surface area contributed by atoms with E-state index in [1.165, 1.54) is 44.2 Å². The zero-order chi connectivity index (χ0) is 19.3. The first-order valence-electron chi connectivity index (χ1n) is 11.5. The first kappa shape index (κ1) is 19.9.